The third-order valence-electron chi connectivity index (χ3n) is 4.40. The van der Waals surface area contributed by atoms with E-state index in [0.717, 1.165) is 6.42 Å². The van der Waals surface area contributed by atoms with E-state index in [1.165, 1.54) is 12.1 Å². The lowest BCUT2D eigenvalue weighted by Crippen LogP contribution is -2.43. The van der Waals surface area contributed by atoms with E-state index in [1.54, 1.807) is 41.2 Å². The maximum absolute atomic E-state index is 13.2. The van der Waals surface area contributed by atoms with Crippen LogP contribution in [0.4, 0.5) is 15.8 Å². The first-order valence-corrected chi connectivity index (χ1v) is 9.69. The van der Waals surface area contributed by atoms with Gasteiger partial charge in [0.15, 0.2) is 0 Å². The van der Waals surface area contributed by atoms with Crippen LogP contribution >= 0.6 is 0 Å². The van der Waals surface area contributed by atoms with E-state index in [2.05, 4.69) is 5.32 Å². The summed E-state index contributed by atoms with van der Waals surface area (Å²) in [5.41, 5.74) is 1.22. The number of ether oxygens (including phenoxy) is 1. The number of methoxy groups -OCH3 is 1. The van der Waals surface area contributed by atoms with Crippen LogP contribution in [0.2, 0.25) is 0 Å². The number of hydrogen-bond acceptors (Lipinski definition) is 4. The zero-order chi connectivity index (χ0) is 21.2. The molecule has 0 aliphatic rings. The van der Waals surface area contributed by atoms with Gasteiger partial charge in [0.05, 0.1) is 25.9 Å². The Morgan fingerprint density at radius 2 is 1.72 bits per heavy atom. The first-order valence-electron chi connectivity index (χ1n) is 9.69. The molecule has 0 atom stereocenters. The van der Waals surface area contributed by atoms with Crippen molar-refractivity contribution in [3.8, 4) is 5.75 Å². The molecule has 6 nitrogen and oxygen atoms in total. The highest BCUT2D eigenvalue weighted by Gasteiger charge is 2.20. The molecule has 2 amide bonds. The fraction of sp³-hybridized carbons (Fsp3) is 0.364. The van der Waals surface area contributed by atoms with Gasteiger partial charge in [-0.1, -0.05) is 19.1 Å². The number of para-hydroxylation sites is 2. The van der Waals surface area contributed by atoms with Crippen molar-refractivity contribution in [2.45, 2.75) is 20.3 Å². The monoisotopic (exact) mass is 401 g/mol. The minimum Gasteiger partial charge on any atom is -0.495 e. The van der Waals surface area contributed by atoms with Crippen LogP contribution in [0.1, 0.15) is 20.3 Å². The van der Waals surface area contributed by atoms with Crippen molar-refractivity contribution in [2.75, 3.05) is 43.5 Å². The lowest BCUT2D eigenvalue weighted by molar-refractivity contribution is -0.121. The number of carbonyl (C=O) groups excluding carboxylic acids is 2. The summed E-state index contributed by atoms with van der Waals surface area (Å²) in [7, 11) is 1.54. The summed E-state index contributed by atoms with van der Waals surface area (Å²) in [5, 5.41) is 2.83. The van der Waals surface area contributed by atoms with Crippen LogP contribution in [0.5, 0.6) is 5.75 Å². The molecule has 2 aromatic carbocycles. The van der Waals surface area contributed by atoms with Gasteiger partial charge in [-0.15, -0.1) is 0 Å². The quantitative estimate of drug-likeness (QED) is 0.662. The summed E-state index contributed by atoms with van der Waals surface area (Å²) in [4.78, 5) is 28.7. The molecule has 1 N–H and O–H groups in total. The average molecular weight is 401 g/mol. The number of likely N-dealkylation sites (N-methyl/N-ethyl adjacent to an activating group) is 1. The van der Waals surface area contributed by atoms with Crippen LogP contribution in [0.25, 0.3) is 0 Å². The second-order valence-corrected chi connectivity index (χ2v) is 6.57. The molecule has 0 saturated heterocycles. The molecule has 7 heteroatoms. The minimum absolute atomic E-state index is 0.0819. The van der Waals surface area contributed by atoms with Crippen LogP contribution in [-0.4, -0.2) is 50.0 Å². The molecule has 0 unspecified atom stereocenters. The number of carbonyl (C=O) groups is 2. The van der Waals surface area contributed by atoms with E-state index >= 15 is 0 Å². The molecule has 0 radical (unpaired) electrons. The molecule has 0 heterocycles. The number of rotatable bonds is 10. The number of halogens is 1. The van der Waals surface area contributed by atoms with Crippen molar-refractivity contribution in [3.05, 3.63) is 54.3 Å². The Kier molecular flexibility index (Phi) is 8.61. The molecule has 0 saturated carbocycles. The number of nitrogens with one attached hydrogen (secondary N) is 1. The molecule has 156 valence electrons. The largest absolute Gasteiger partial charge is 0.495 e. The first-order chi connectivity index (χ1) is 14.0. The lowest BCUT2D eigenvalue weighted by atomic mass is 10.2. The first kappa shape index (κ1) is 22.4. The minimum atomic E-state index is -0.349. The molecule has 0 aliphatic carbocycles. The van der Waals surface area contributed by atoms with Gasteiger partial charge in [-0.05, 0) is 56.3 Å². The van der Waals surface area contributed by atoms with Gasteiger partial charge in [0.25, 0.3) is 0 Å². The zero-order valence-corrected chi connectivity index (χ0v) is 17.2. The van der Waals surface area contributed by atoms with E-state index in [4.69, 9.17) is 4.74 Å². The molecule has 29 heavy (non-hydrogen) atoms. The van der Waals surface area contributed by atoms with E-state index < -0.39 is 0 Å². The molecular formula is C22H28FN3O3. The van der Waals surface area contributed by atoms with Crippen molar-refractivity contribution in [1.29, 1.82) is 0 Å². The van der Waals surface area contributed by atoms with Crippen molar-refractivity contribution in [3.63, 3.8) is 0 Å². The second kappa shape index (κ2) is 11.2. The molecule has 2 rings (SSSR count). The van der Waals surface area contributed by atoms with Crippen LogP contribution in [-0.2, 0) is 9.59 Å². The summed E-state index contributed by atoms with van der Waals surface area (Å²) >= 11 is 0. The maximum atomic E-state index is 13.2. The third-order valence-corrected chi connectivity index (χ3v) is 4.40. The second-order valence-electron chi connectivity index (χ2n) is 6.57. The van der Waals surface area contributed by atoms with Gasteiger partial charge >= 0.3 is 0 Å². The highest BCUT2D eigenvalue weighted by Crippen LogP contribution is 2.23. The van der Waals surface area contributed by atoms with Crippen LogP contribution in [0.15, 0.2) is 48.5 Å². The Balaban J connectivity index is 2.03. The standard InChI is InChI=1S/C22H28FN3O3/c1-4-14-25(15-21(27)24-19-8-6-7-9-20(19)29-3)16-22(28)26(5-2)18-12-10-17(23)11-13-18/h6-13H,4-5,14-16H2,1-3H3,(H,24,27). The van der Waals surface area contributed by atoms with Gasteiger partial charge in [-0.25, -0.2) is 4.39 Å². The van der Waals surface area contributed by atoms with Crippen LogP contribution < -0.4 is 15.0 Å². The SMILES string of the molecule is CCCN(CC(=O)Nc1ccccc1OC)CC(=O)N(CC)c1ccc(F)cc1. The number of amides is 2. The Hall–Kier alpha value is -2.93. The van der Waals surface area contributed by atoms with Gasteiger partial charge < -0.3 is 15.0 Å². The van der Waals surface area contributed by atoms with Gasteiger partial charge in [0.2, 0.25) is 11.8 Å². The predicted octanol–water partition coefficient (Wildman–Crippen LogP) is 3.54. The van der Waals surface area contributed by atoms with Crippen LogP contribution in [0, 0.1) is 5.82 Å². The fourth-order valence-electron chi connectivity index (χ4n) is 3.07. The normalized spacial score (nSPS) is 10.7. The summed E-state index contributed by atoms with van der Waals surface area (Å²) in [5.74, 6) is -0.136. The number of hydrogen-bond donors (Lipinski definition) is 1. The Bertz CT molecular complexity index is 811. The van der Waals surface area contributed by atoms with Crippen molar-refractivity contribution < 1.29 is 18.7 Å². The maximum Gasteiger partial charge on any atom is 0.241 e. The zero-order valence-electron chi connectivity index (χ0n) is 17.2. The average Bonchev–Trinajstić information content (AvgIpc) is 2.70. The van der Waals surface area contributed by atoms with E-state index in [9.17, 15) is 14.0 Å². The fourth-order valence-corrected chi connectivity index (χ4v) is 3.07. The Labute approximate surface area is 171 Å². The van der Waals surface area contributed by atoms with Crippen molar-refractivity contribution >= 4 is 23.2 Å². The number of anilines is 2. The predicted molar refractivity (Wildman–Crippen MR) is 113 cm³/mol. The summed E-state index contributed by atoms with van der Waals surface area (Å²) in [6.45, 7) is 5.09. The number of nitrogens with zero attached hydrogens (tertiary/aromatic N) is 2. The topological polar surface area (TPSA) is 61.9 Å². The summed E-state index contributed by atoms with van der Waals surface area (Å²) in [6.07, 6.45) is 0.803. The van der Waals surface area contributed by atoms with Gasteiger partial charge in [-0.3, -0.25) is 14.5 Å². The summed E-state index contributed by atoms with van der Waals surface area (Å²) in [6, 6.07) is 13.0. The smallest absolute Gasteiger partial charge is 0.241 e. The molecule has 2 aromatic rings. The van der Waals surface area contributed by atoms with Crippen molar-refractivity contribution in [1.82, 2.24) is 4.90 Å². The molecule has 0 aliphatic heterocycles. The van der Waals surface area contributed by atoms with Crippen molar-refractivity contribution in [2.24, 2.45) is 0 Å². The lowest BCUT2D eigenvalue weighted by Gasteiger charge is -2.26. The Morgan fingerprint density at radius 3 is 2.34 bits per heavy atom. The number of benzene rings is 2. The molecule has 0 fully saturated rings. The highest BCUT2D eigenvalue weighted by molar-refractivity contribution is 5.96. The van der Waals surface area contributed by atoms with E-state index in [-0.39, 0.29) is 30.7 Å². The molecule has 0 spiro atoms. The van der Waals surface area contributed by atoms with E-state index in [1.807, 2.05) is 26.0 Å². The van der Waals surface area contributed by atoms with Gasteiger partial charge in [-0.2, -0.15) is 0 Å². The molecular weight excluding hydrogens is 373 g/mol. The third kappa shape index (κ3) is 6.57. The summed E-state index contributed by atoms with van der Waals surface area (Å²) < 4.78 is 18.4. The molecule has 0 aromatic heterocycles. The van der Waals surface area contributed by atoms with Crippen LogP contribution in [0.3, 0.4) is 0 Å². The van der Waals surface area contributed by atoms with E-state index in [0.29, 0.717) is 30.2 Å². The van der Waals surface area contributed by atoms with Gasteiger partial charge in [0.1, 0.15) is 11.6 Å². The Morgan fingerprint density at radius 1 is 1.03 bits per heavy atom. The highest BCUT2D eigenvalue weighted by atomic mass is 19.1. The molecule has 0 bridgehead atoms. The van der Waals surface area contributed by atoms with Gasteiger partial charge in [0, 0.05) is 12.2 Å².